The van der Waals surface area contributed by atoms with Gasteiger partial charge < -0.3 is 10.2 Å². The molecule has 0 aliphatic rings. The molecule has 1 aromatic heterocycles. The Morgan fingerprint density at radius 1 is 1.45 bits per heavy atom. The van der Waals surface area contributed by atoms with Crippen LogP contribution in [0.1, 0.15) is 12.5 Å². The molecule has 0 unspecified atom stereocenters. The number of hydrazine groups is 1. The van der Waals surface area contributed by atoms with Crippen LogP contribution in [-0.2, 0) is 15.3 Å². The Kier molecular flexibility index (Phi) is 5.20. The first-order valence-electron chi connectivity index (χ1n) is 6.33. The summed E-state index contributed by atoms with van der Waals surface area (Å²) >= 11 is 1.48. The Morgan fingerprint density at radius 3 is 3.00 bits per heavy atom. The summed E-state index contributed by atoms with van der Waals surface area (Å²) in [4.78, 5) is 15.8. The molecule has 106 valence electrons. The summed E-state index contributed by atoms with van der Waals surface area (Å²) in [5, 5.41) is 1.05. The number of nitrogen functional groups attached to an aromatic ring is 1. The lowest BCUT2D eigenvalue weighted by molar-refractivity contribution is -0.139. The quantitative estimate of drug-likeness (QED) is 0.483. The molecule has 0 aliphatic carbocycles. The minimum atomic E-state index is -0.200. The van der Waals surface area contributed by atoms with E-state index in [-0.39, 0.29) is 5.97 Å². The number of rotatable bonds is 6. The topological polar surface area (TPSA) is 77.2 Å². The van der Waals surface area contributed by atoms with E-state index in [1.54, 1.807) is 6.92 Å². The van der Waals surface area contributed by atoms with Crippen LogP contribution < -0.4 is 11.3 Å². The monoisotopic (exact) mass is 291 g/mol. The second-order valence-corrected chi connectivity index (χ2v) is 5.12. The lowest BCUT2D eigenvalue weighted by Gasteiger charge is -2.09. The minimum Gasteiger partial charge on any atom is -0.465 e. The molecule has 1 heterocycles. The van der Waals surface area contributed by atoms with Crippen molar-refractivity contribution >= 4 is 34.5 Å². The van der Waals surface area contributed by atoms with Gasteiger partial charge in [0.05, 0.1) is 17.9 Å². The fraction of sp³-hybridized carbons (Fsp3) is 0.286. The SMILES string of the molecule is CCOC(=O)CSCc1cc2ccccc2nc1NN. The van der Waals surface area contributed by atoms with Crippen molar-refractivity contribution in [1.29, 1.82) is 0 Å². The second-order valence-electron chi connectivity index (χ2n) is 4.13. The summed E-state index contributed by atoms with van der Waals surface area (Å²) in [7, 11) is 0. The van der Waals surface area contributed by atoms with Crippen molar-refractivity contribution in [2.45, 2.75) is 12.7 Å². The smallest absolute Gasteiger partial charge is 0.315 e. The number of hydrogen-bond donors (Lipinski definition) is 2. The second kappa shape index (κ2) is 7.12. The van der Waals surface area contributed by atoms with Gasteiger partial charge in [-0.3, -0.25) is 4.79 Å². The van der Waals surface area contributed by atoms with Gasteiger partial charge in [0.2, 0.25) is 0 Å². The number of thioether (sulfide) groups is 1. The van der Waals surface area contributed by atoms with Crippen LogP contribution in [0.5, 0.6) is 0 Å². The normalized spacial score (nSPS) is 10.5. The van der Waals surface area contributed by atoms with E-state index in [2.05, 4.69) is 10.4 Å². The van der Waals surface area contributed by atoms with Gasteiger partial charge in [0.15, 0.2) is 0 Å². The van der Waals surface area contributed by atoms with Crippen LogP contribution in [0.25, 0.3) is 10.9 Å². The first-order chi connectivity index (χ1) is 9.74. The number of nitrogens with one attached hydrogen (secondary N) is 1. The molecule has 2 rings (SSSR count). The highest BCUT2D eigenvalue weighted by molar-refractivity contribution is 7.99. The van der Waals surface area contributed by atoms with Crippen LogP contribution >= 0.6 is 11.8 Å². The summed E-state index contributed by atoms with van der Waals surface area (Å²) in [5.41, 5.74) is 4.47. The van der Waals surface area contributed by atoms with E-state index in [1.807, 2.05) is 30.3 Å². The van der Waals surface area contributed by atoms with E-state index in [4.69, 9.17) is 10.6 Å². The van der Waals surface area contributed by atoms with E-state index in [1.165, 1.54) is 11.8 Å². The van der Waals surface area contributed by atoms with Crippen LogP contribution in [-0.4, -0.2) is 23.3 Å². The van der Waals surface area contributed by atoms with Crippen LogP contribution in [0, 0.1) is 0 Å². The molecule has 5 nitrogen and oxygen atoms in total. The van der Waals surface area contributed by atoms with Crippen LogP contribution in [0.3, 0.4) is 0 Å². The van der Waals surface area contributed by atoms with E-state index in [0.717, 1.165) is 16.5 Å². The first-order valence-corrected chi connectivity index (χ1v) is 7.48. The number of para-hydroxylation sites is 1. The molecule has 0 saturated heterocycles. The van der Waals surface area contributed by atoms with E-state index in [9.17, 15) is 4.79 Å². The molecule has 0 fully saturated rings. The van der Waals surface area contributed by atoms with Gasteiger partial charge in [-0.15, -0.1) is 11.8 Å². The number of benzene rings is 1. The third-order valence-corrected chi connectivity index (χ3v) is 3.68. The van der Waals surface area contributed by atoms with Crippen molar-refractivity contribution in [3.63, 3.8) is 0 Å². The number of aromatic nitrogens is 1. The zero-order valence-electron chi connectivity index (χ0n) is 11.3. The number of ether oxygens (including phenoxy) is 1. The van der Waals surface area contributed by atoms with Gasteiger partial charge in [-0.1, -0.05) is 18.2 Å². The predicted octanol–water partition coefficient (Wildman–Crippen LogP) is 2.32. The summed E-state index contributed by atoms with van der Waals surface area (Å²) in [6.07, 6.45) is 0. The molecule has 0 radical (unpaired) electrons. The van der Waals surface area contributed by atoms with E-state index >= 15 is 0 Å². The summed E-state index contributed by atoms with van der Waals surface area (Å²) in [6.45, 7) is 2.21. The molecule has 1 aromatic carbocycles. The standard InChI is InChI=1S/C14H17N3O2S/c1-2-19-13(18)9-20-8-11-7-10-5-3-4-6-12(10)16-14(11)17-15/h3-7H,2,8-9,15H2,1H3,(H,16,17). The fourth-order valence-electron chi connectivity index (χ4n) is 1.84. The molecule has 20 heavy (non-hydrogen) atoms. The van der Waals surface area contributed by atoms with Crippen LogP contribution in [0.15, 0.2) is 30.3 Å². The molecule has 2 aromatic rings. The van der Waals surface area contributed by atoms with Gasteiger partial charge in [0.25, 0.3) is 0 Å². The van der Waals surface area contributed by atoms with Crippen molar-refractivity contribution in [2.24, 2.45) is 5.84 Å². The Balaban J connectivity index is 2.10. The minimum absolute atomic E-state index is 0.200. The largest absolute Gasteiger partial charge is 0.465 e. The van der Waals surface area contributed by atoms with Gasteiger partial charge in [0, 0.05) is 16.7 Å². The Morgan fingerprint density at radius 2 is 2.25 bits per heavy atom. The molecule has 3 N–H and O–H groups in total. The molecular weight excluding hydrogens is 274 g/mol. The van der Waals surface area contributed by atoms with Gasteiger partial charge in [-0.05, 0) is 19.1 Å². The fourth-order valence-corrected chi connectivity index (χ4v) is 2.63. The number of nitrogens with two attached hydrogens (primary N) is 1. The summed E-state index contributed by atoms with van der Waals surface area (Å²) in [6, 6.07) is 9.88. The third kappa shape index (κ3) is 3.61. The maximum Gasteiger partial charge on any atom is 0.315 e. The molecule has 6 heteroatoms. The van der Waals surface area contributed by atoms with Crippen molar-refractivity contribution in [2.75, 3.05) is 17.8 Å². The maximum absolute atomic E-state index is 11.3. The number of carbonyl (C=O) groups is 1. The predicted molar refractivity (Wildman–Crippen MR) is 82.3 cm³/mol. The van der Waals surface area contributed by atoms with Crippen molar-refractivity contribution in [3.8, 4) is 0 Å². The van der Waals surface area contributed by atoms with Crippen molar-refractivity contribution in [3.05, 3.63) is 35.9 Å². The number of anilines is 1. The highest BCUT2D eigenvalue weighted by Crippen LogP contribution is 2.23. The summed E-state index contributed by atoms with van der Waals surface area (Å²) in [5.74, 6) is 6.92. The molecule has 0 atom stereocenters. The van der Waals surface area contributed by atoms with Crippen LogP contribution in [0.4, 0.5) is 5.82 Å². The van der Waals surface area contributed by atoms with Crippen LogP contribution in [0.2, 0.25) is 0 Å². The molecular formula is C14H17N3O2S. The molecule has 0 spiro atoms. The number of fused-ring (bicyclic) bond motifs is 1. The third-order valence-electron chi connectivity index (χ3n) is 2.72. The van der Waals surface area contributed by atoms with Crippen molar-refractivity contribution < 1.29 is 9.53 Å². The van der Waals surface area contributed by atoms with Gasteiger partial charge in [0.1, 0.15) is 5.82 Å². The van der Waals surface area contributed by atoms with Gasteiger partial charge in [-0.25, -0.2) is 10.8 Å². The maximum atomic E-state index is 11.3. The van der Waals surface area contributed by atoms with Crippen molar-refractivity contribution in [1.82, 2.24) is 4.98 Å². The zero-order chi connectivity index (χ0) is 14.4. The average molecular weight is 291 g/mol. The summed E-state index contributed by atoms with van der Waals surface area (Å²) < 4.78 is 4.89. The Bertz CT molecular complexity index is 604. The lowest BCUT2D eigenvalue weighted by Crippen LogP contribution is -2.11. The van der Waals surface area contributed by atoms with E-state index in [0.29, 0.717) is 23.9 Å². The average Bonchev–Trinajstić information content (AvgIpc) is 2.46. The number of hydrogen-bond acceptors (Lipinski definition) is 6. The highest BCUT2D eigenvalue weighted by Gasteiger charge is 2.08. The van der Waals surface area contributed by atoms with Gasteiger partial charge in [-0.2, -0.15) is 0 Å². The number of esters is 1. The van der Waals surface area contributed by atoms with Gasteiger partial charge >= 0.3 is 5.97 Å². The van der Waals surface area contributed by atoms with E-state index < -0.39 is 0 Å². The zero-order valence-corrected chi connectivity index (χ0v) is 12.1. The molecule has 0 amide bonds. The first kappa shape index (κ1) is 14.6. The molecule has 0 bridgehead atoms. The molecule has 0 saturated carbocycles. The Labute approximate surface area is 121 Å². The molecule has 0 aliphatic heterocycles. The lowest BCUT2D eigenvalue weighted by atomic mass is 10.1. The number of nitrogens with zero attached hydrogens (tertiary/aromatic N) is 1. The Hall–Kier alpha value is -1.79. The number of pyridine rings is 1. The number of carbonyl (C=O) groups excluding carboxylic acids is 1. The highest BCUT2D eigenvalue weighted by atomic mass is 32.2.